The Hall–Kier alpha value is -2.96. The van der Waals surface area contributed by atoms with Gasteiger partial charge in [-0.15, -0.1) is 0 Å². The van der Waals surface area contributed by atoms with E-state index in [1.807, 2.05) is 0 Å². The number of para-hydroxylation sites is 1. The standard InChI is InChI=1S/C14H13N3O4/c1-10(13-4-2-3-5-14(13)17(20)21)15-11-6-8-12(9-7-11)16(18)19/h2-10,15H,1H3. The van der Waals surface area contributed by atoms with Gasteiger partial charge in [-0.05, 0) is 19.1 Å². The van der Waals surface area contributed by atoms with Crippen LogP contribution in [0.2, 0.25) is 0 Å². The normalized spacial score (nSPS) is 11.7. The van der Waals surface area contributed by atoms with E-state index >= 15 is 0 Å². The summed E-state index contributed by atoms with van der Waals surface area (Å²) in [6.07, 6.45) is 0. The van der Waals surface area contributed by atoms with Gasteiger partial charge in [-0.2, -0.15) is 0 Å². The zero-order valence-electron chi connectivity index (χ0n) is 11.2. The van der Waals surface area contributed by atoms with Crippen LogP contribution in [0.25, 0.3) is 0 Å². The lowest BCUT2D eigenvalue weighted by atomic mass is 10.1. The summed E-state index contributed by atoms with van der Waals surface area (Å²) < 4.78 is 0. The van der Waals surface area contributed by atoms with Gasteiger partial charge in [-0.3, -0.25) is 20.2 Å². The molecule has 0 fully saturated rings. The molecule has 21 heavy (non-hydrogen) atoms. The second kappa shape index (κ2) is 6.00. The maximum absolute atomic E-state index is 11.0. The fourth-order valence-electron chi connectivity index (χ4n) is 2.03. The molecule has 0 amide bonds. The second-order valence-electron chi connectivity index (χ2n) is 4.49. The average Bonchev–Trinajstić information content (AvgIpc) is 2.47. The smallest absolute Gasteiger partial charge is 0.274 e. The van der Waals surface area contributed by atoms with E-state index in [4.69, 9.17) is 0 Å². The van der Waals surface area contributed by atoms with Crippen LogP contribution < -0.4 is 5.32 Å². The first-order valence-corrected chi connectivity index (χ1v) is 6.23. The van der Waals surface area contributed by atoms with E-state index in [1.54, 1.807) is 37.3 Å². The molecule has 0 aliphatic carbocycles. The van der Waals surface area contributed by atoms with Crippen LogP contribution >= 0.6 is 0 Å². The zero-order chi connectivity index (χ0) is 15.4. The Morgan fingerprint density at radius 3 is 2.14 bits per heavy atom. The van der Waals surface area contributed by atoms with E-state index in [0.29, 0.717) is 11.3 Å². The van der Waals surface area contributed by atoms with Gasteiger partial charge < -0.3 is 5.32 Å². The molecular formula is C14H13N3O4. The second-order valence-corrected chi connectivity index (χ2v) is 4.49. The zero-order valence-corrected chi connectivity index (χ0v) is 11.2. The molecule has 0 saturated carbocycles. The van der Waals surface area contributed by atoms with Crippen molar-refractivity contribution in [1.29, 1.82) is 0 Å². The molecule has 7 heteroatoms. The minimum absolute atomic E-state index is 0.00102. The van der Waals surface area contributed by atoms with E-state index < -0.39 is 9.85 Å². The van der Waals surface area contributed by atoms with Gasteiger partial charge in [-0.1, -0.05) is 18.2 Å². The topological polar surface area (TPSA) is 98.3 Å². The van der Waals surface area contributed by atoms with Crippen LogP contribution in [0.4, 0.5) is 17.1 Å². The Morgan fingerprint density at radius 1 is 0.952 bits per heavy atom. The molecule has 0 aromatic heterocycles. The van der Waals surface area contributed by atoms with Gasteiger partial charge in [0.2, 0.25) is 0 Å². The van der Waals surface area contributed by atoms with E-state index in [0.717, 1.165) is 0 Å². The summed E-state index contributed by atoms with van der Waals surface area (Å²) in [5, 5.41) is 24.7. The maximum Gasteiger partial charge on any atom is 0.274 e. The third-order valence-electron chi connectivity index (χ3n) is 3.06. The molecular weight excluding hydrogens is 274 g/mol. The SMILES string of the molecule is CC(Nc1ccc([N+](=O)[O-])cc1)c1ccccc1[N+](=O)[O-]. The third-order valence-corrected chi connectivity index (χ3v) is 3.06. The van der Waals surface area contributed by atoms with Crippen LogP contribution in [0.15, 0.2) is 48.5 Å². The molecule has 0 heterocycles. The van der Waals surface area contributed by atoms with Crippen LogP contribution in [-0.2, 0) is 0 Å². The molecule has 7 nitrogen and oxygen atoms in total. The number of hydrogen-bond acceptors (Lipinski definition) is 5. The number of nitro benzene ring substituents is 2. The predicted molar refractivity (Wildman–Crippen MR) is 78.2 cm³/mol. The van der Waals surface area contributed by atoms with Gasteiger partial charge in [0, 0.05) is 23.9 Å². The number of anilines is 1. The van der Waals surface area contributed by atoms with Gasteiger partial charge in [0.05, 0.1) is 21.5 Å². The maximum atomic E-state index is 11.0. The lowest BCUT2D eigenvalue weighted by molar-refractivity contribution is -0.385. The van der Waals surface area contributed by atoms with Gasteiger partial charge in [-0.25, -0.2) is 0 Å². The summed E-state index contributed by atoms with van der Waals surface area (Å²) >= 11 is 0. The number of benzene rings is 2. The number of nitrogens with zero attached hydrogens (tertiary/aromatic N) is 2. The molecule has 0 spiro atoms. The van der Waals surface area contributed by atoms with Crippen LogP contribution in [0.5, 0.6) is 0 Å². The molecule has 0 aliphatic heterocycles. The highest BCUT2D eigenvalue weighted by atomic mass is 16.6. The largest absolute Gasteiger partial charge is 0.378 e. The quantitative estimate of drug-likeness (QED) is 0.668. The summed E-state index contributed by atoms with van der Waals surface area (Å²) in [7, 11) is 0. The highest BCUT2D eigenvalue weighted by molar-refractivity contribution is 5.52. The van der Waals surface area contributed by atoms with Crippen molar-refractivity contribution < 1.29 is 9.85 Å². The minimum atomic E-state index is -0.477. The number of hydrogen-bond donors (Lipinski definition) is 1. The molecule has 2 aromatic carbocycles. The lowest BCUT2D eigenvalue weighted by Gasteiger charge is -2.15. The molecule has 0 saturated heterocycles. The van der Waals surface area contributed by atoms with Crippen molar-refractivity contribution in [2.24, 2.45) is 0 Å². The van der Waals surface area contributed by atoms with Gasteiger partial charge in [0.25, 0.3) is 11.4 Å². The minimum Gasteiger partial charge on any atom is -0.378 e. The molecule has 0 radical (unpaired) electrons. The molecule has 0 aliphatic rings. The summed E-state index contributed by atoms with van der Waals surface area (Å²) in [5.74, 6) is 0. The average molecular weight is 287 g/mol. The van der Waals surface area contributed by atoms with Gasteiger partial charge >= 0.3 is 0 Å². The van der Waals surface area contributed by atoms with E-state index in [1.165, 1.54) is 18.2 Å². The molecule has 1 atom stereocenters. The number of nitro groups is 2. The highest BCUT2D eigenvalue weighted by Crippen LogP contribution is 2.27. The van der Waals surface area contributed by atoms with Gasteiger partial charge in [0.15, 0.2) is 0 Å². The fourth-order valence-corrected chi connectivity index (χ4v) is 2.03. The predicted octanol–water partition coefficient (Wildman–Crippen LogP) is 3.68. The molecule has 2 rings (SSSR count). The Morgan fingerprint density at radius 2 is 1.57 bits per heavy atom. The monoisotopic (exact) mass is 287 g/mol. The summed E-state index contributed by atoms with van der Waals surface area (Å²) in [4.78, 5) is 20.7. The van der Waals surface area contributed by atoms with Crippen molar-refractivity contribution in [2.75, 3.05) is 5.32 Å². The van der Waals surface area contributed by atoms with Crippen molar-refractivity contribution in [2.45, 2.75) is 13.0 Å². The summed E-state index contributed by atoms with van der Waals surface area (Å²) in [6.45, 7) is 1.80. The van der Waals surface area contributed by atoms with Crippen LogP contribution in [-0.4, -0.2) is 9.85 Å². The Balaban J connectivity index is 2.20. The molecule has 2 aromatic rings. The van der Waals surface area contributed by atoms with Crippen molar-refractivity contribution in [1.82, 2.24) is 0 Å². The summed E-state index contributed by atoms with van der Waals surface area (Å²) in [6, 6.07) is 12.1. The van der Waals surface area contributed by atoms with Crippen molar-refractivity contribution >= 4 is 17.1 Å². The van der Waals surface area contributed by atoms with Crippen LogP contribution in [0, 0.1) is 20.2 Å². The lowest BCUT2D eigenvalue weighted by Crippen LogP contribution is -2.09. The molecule has 1 N–H and O–H groups in total. The first-order valence-electron chi connectivity index (χ1n) is 6.23. The van der Waals surface area contributed by atoms with Crippen molar-refractivity contribution in [3.05, 3.63) is 74.3 Å². The number of non-ortho nitro benzene ring substituents is 1. The van der Waals surface area contributed by atoms with Crippen LogP contribution in [0.1, 0.15) is 18.5 Å². The molecule has 0 bridgehead atoms. The van der Waals surface area contributed by atoms with Crippen LogP contribution in [0.3, 0.4) is 0 Å². The number of nitrogens with one attached hydrogen (secondary N) is 1. The Bertz CT molecular complexity index is 670. The van der Waals surface area contributed by atoms with Gasteiger partial charge in [0.1, 0.15) is 0 Å². The molecule has 1 unspecified atom stereocenters. The van der Waals surface area contributed by atoms with Crippen molar-refractivity contribution in [3.8, 4) is 0 Å². The molecule has 108 valence electrons. The Labute approximate surface area is 120 Å². The Kier molecular flexibility index (Phi) is 4.13. The van der Waals surface area contributed by atoms with E-state index in [9.17, 15) is 20.2 Å². The summed E-state index contributed by atoms with van der Waals surface area (Å²) in [5.41, 5.74) is 1.26. The number of rotatable bonds is 5. The van der Waals surface area contributed by atoms with E-state index in [-0.39, 0.29) is 17.4 Å². The van der Waals surface area contributed by atoms with E-state index in [2.05, 4.69) is 5.32 Å². The third kappa shape index (κ3) is 3.33. The first kappa shape index (κ1) is 14.4. The highest BCUT2D eigenvalue weighted by Gasteiger charge is 2.18. The van der Waals surface area contributed by atoms with Crippen molar-refractivity contribution in [3.63, 3.8) is 0 Å². The fraction of sp³-hybridized carbons (Fsp3) is 0.143. The first-order chi connectivity index (χ1) is 9.99.